The second-order valence-electron chi connectivity index (χ2n) is 8.71. The molecule has 4 aromatic carbocycles. The first-order chi connectivity index (χ1) is 17.5. The lowest BCUT2D eigenvalue weighted by Gasteiger charge is -2.27. The zero-order chi connectivity index (χ0) is 25.2. The van der Waals surface area contributed by atoms with Gasteiger partial charge in [0.2, 0.25) is 0 Å². The quantitative estimate of drug-likeness (QED) is 0.205. The van der Waals surface area contributed by atoms with E-state index in [1.807, 2.05) is 54.6 Å². The molecule has 7 nitrogen and oxygen atoms in total. The molecule has 1 aliphatic rings. The number of hydrogen-bond donors (Lipinski definition) is 3. The van der Waals surface area contributed by atoms with Crippen molar-refractivity contribution in [3.05, 3.63) is 95.6 Å². The summed E-state index contributed by atoms with van der Waals surface area (Å²) >= 11 is 0. The lowest BCUT2D eigenvalue weighted by molar-refractivity contribution is 0.0610. The topological polar surface area (TPSA) is 105 Å². The van der Waals surface area contributed by atoms with Gasteiger partial charge in [-0.3, -0.25) is 19.3 Å². The minimum absolute atomic E-state index is 0.224. The molecule has 180 valence electrons. The van der Waals surface area contributed by atoms with Crippen LogP contribution in [0.1, 0.15) is 37.5 Å². The molecule has 0 atom stereocenters. The molecule has 0 saturated heterocycles. The number of imide groups is 1. The molecule has 0 unspecified atom stereocenters. The summed E-state index contributed by atoms with van der Waals surface area (Å²) in [5.41, 5.74) is 10.7. The number of nitrogens with zero attached hydrogens (tertiary/aromatic N) is 1. The Morgan fingerprint density at radius 3 is 2.14 bits per heavy atom. The van der Waals surface area contributed by atoms with Crippen LogP contribution in [-0.2, 0) is 0 Å². The fourth-order valence-electron chi connectivity index (χ4n) is 4.60. The zero-order valence-electron chi connectivity index (χ0n) is 19.9. The highest BCUT2D eigenvalue weighted by molar-refractivity contribution is 6.25. The minimum Gasteiger partial charge on any atom is -0.398 e. The summed E-state index contributed by atoms with van der Waals surface area (Å²) in [6.07, 6.45) is 0.616. The highest BCUT2D eigenvalue weighted by Crippen LogP contribution is 2.30. The van der Waals surface area contributed by atoms with Gasteiger partial charge in [-0.05, 0) is 59.3 Å². The van der Waals surface area contributed by atoms with Gasteiger partial charge in [0.1, 0.15) is 0 Å². The predicted octanol–water partition coefficient (Wildman–Crippen LogP) is 4.55. The van der Waals surface area contributed by atoms with E-state index in [0.717, 1.165) is 27.6 Å². The third-order valence-electron chi connectivity index (χ3n) is 6.49. The molecule has 0 spiro atoms. The first-order valence-electron chi connectivity index (χ1n) is 11.8. The highest BCUT2D eigenvalue weighted by Gasteiger charge is 2.32. The van der Waals surface area contributed by atoms with Crippen LogP contribution in [0.25, 0.3) is 21.9 Å². The summed E-state index contributed by atoms with van der Waals surface area (Å²) in [6.45, 7) is 0.937. The predicted molar refractivity (Wildman–Crippen MR) is 142 cm³/mol. The second-order valence-corrected chi connectivity index (χ2v) is 8.71. The van der Waals surface area contributed by atoms with Crippen LogP contribution in [0.15, 0.2) is 78.9 Å². The number of hydrogen-bond acceptors (Lipinski definition) is 5. The maximum absolute atomic E-state index is 13.0. The van der Waals surface area contributed by atoms with Crippen LogP contribution in [0.4, 0.5) is 11.4 Å². The van der Waals surface area contributed by atoms with Crippen molar-refractivity contribution in [2.45, 2.75) is 6.42 Å². The van der Waals surface area contributed by atoms with Gasteiger partial charge in [-0.15, -0.1) is 0 Å². The van der Waals surface area contributed by atoms with Crippen LogP contribution in [0, 0.1) is 0 Å². The van der Waals surface area contributed by atoms with Gasteiger partial charge in [0, 0.05) is 48.0 Å². The number of anilines is 2. The Balaban J connectivity index is 1.21. The lowest BCUT2D eigenvalue weighted by atomic mass is 9.94. The normalized spacial score (nSPS) is 12.6. The van der Waals surface area contributed by atoms with Gasteiger partial charge in [0.15, 0.2) is 0 Å². The average molecular weight is 479 g/mol. The Morgan fingerprint density at radius 1 is 0.861 bits per heavy atom. The van der Waals surface area contributed by atoms with E-state index in [0.29, 0.717) is 41.9 Å². The van der Waals surface area contributed by atoms with Crippen molar-refractivity contribution in [2.75, 3.05) is 31.2 Å². The molecule has 36 heavy (non-hydrogen) atoms. The summed E-state index contributed by atoms with van der Waals surface area (Å²) in [7, 11) is 1.57. The van der Waals surface area contributed by atoms with Gasteiger partial charge in [0.25, 0.3) is 17.7 Å². The maximum Gasteiger partial charge on any atom is 0.261 e. The molecule has 5 rings (SSSR count). The SMILES string of the molecule is CNC(=O)c1cc(-c2ccc(NCCCN3C(=O)c4cccc5cccc(c45)C3=O)cc2)ccc1N. The van der Waals surface area contributed by atoms with E-state index in [4.69, 9.17) is 5.73 Å². The number of nitrogens with one attached hydrogen (secondary N) is 2. The van der Waals surface area contributed by atoms with E-state index in [1.165, 1.54) is 4.90 Å². The molecule has 4 aromatic rings. The molecular weight excluding hydrogens is 452 g/mol. The molecule has 7 heteroatoms. The molecule has 0 radical (unpaired) electrons. The van der Waals surface area contributed by atoms with Crippen molar-refractivity contribution in [1.82, 2.24) is 10.2 Å². The van der Waals surface area contributed by atoms with Crippen molar-refractivity contribution in [3.8, 4) is 11.1 Å². The first-order valence-corrected chi connectivity index (χ1v) is 11.8. The summed E-state index contributed by atoms with van der Waals surface area (Å²) < 4.78 is 0. The zero-order valence-corrected chi connectivity index (χ0v) is 19.9. The number of carbonyl (C=O) groups is 3. The molecule has 0 saturated carbocycles. The molecule has 4 N–H and O–H groups in total. The van der Waals surface area contributed by atoms with Gasteiger partial charge >= 0.3 is 0 Å². The Hall–Kier alpha value is -4.65. The first kappa shape index (κ1) is 23.1. The van der Waals surface area contributed by atoms with Crippen molar-refractivity contribution in [2.24, 2.45) is 0 Å². The fourth-order valence-corrected chi connectivity index (χ4v) is 4.60. The average Bonchev–Trinajstić information content (AvgIpc) is 2.91. The van der Waals surface area contributed by atoms with Crippen LogP contribution in [0.2, 0.25) is 0 Å². The van der Waals surface area contributed by atoms with Gasteiger partial charge in [0.05, 0.1) is 5.56 Å². The smallest absolute Gasteiger partial charge is 0.261 e. The van der Waals surface area contributed by atoms with E-state index in [9.17, 15) is 14.4 Å². The maximum atomic E-state index is 13.0. The van der Waals surface area contributed by atoms with E-state index >= 15 is 0 Å². The number of amides is 3. The van der Waals surface area contributed by atoms with Gasteiger partial charge in [-0.2, -0.15) is 0 Å². The molecular formula is C29H26N4O3. The summed E-state index contributed by atoms with van der Waals surface area (Å²) in [5, 5.41) is 7.60. The van der Waals surface area contributed by atoms with Crippen molar-refractivity contribution < 1.29 is 14.4 Å². The number of benzene rings is 4. The Kier molecular flexibility index (Phi) is 6.12. The van der Waals surface area contributed by atoms with E-state index in [2.05, 4.69) is 10.6 Å². The van der Waals surface area contributed by atoms with E-state index in [-0.39, 0.29) is 17.7 Å². The fraction of sp³-hybridized carbons (Fsp3) is 0.138. The third-order valence-corrected chi connectivity index (χ3v) is 6.49. The monoisotopic (exact) mass is 478 g/mol. The van der Waals surface area contributed by atoms with Crippen LogP contribution >= 0.6 is 0 Å². The molecule has 0 bridgehead atoms. The Morgan fingerprint density at radius 2 is 1.50 bits per heavy atom. The van der Waals surface area contributed by atoms with Crippen LogP contribution in [0.5, 0.6) is 0 Å². The molecule has 1 heterocycles. The molecule has 0 aliphatic carbocycles. The number of nitrogen functional groups attached to an aromatic ring is 1. The minimum atomic E-state index is -0.242. The second kappa shape index (κ2) is 9.54. The lowest BCUT2D eigenvalue weighted by Crippen LogP contribution is -2.41. The Bertz CT molecular complexity index is 1440. The molecule has 1 aliphatic heterocycles. The molecule has 0 aromatic heterocycles. The van der Waals surface area contributed by atoms with Gasteiger partial charge in [-0.1, -0.05) is 42.5 Å². The van der Waals surface area contributed by atoms with Crippen LogP contribution in [0.3, 0.4) is 0 Å². The van der Waals surface area contributed by atoms with Crippen molar-refractivity contribution in [3.63, 3.8) is 0 Å². The third kappa shape index (κ3) is 4.15. The standard InChI is InChI=1S/C29H26N4O3/c1-31-27(34)24-17-20(11-14-25(24)30)18-9-12-21(13-10-18)32-15-4-16-33-28(35)22-7-2-5-19-6-3-8-23(26(19)22)29(33)36/h2-3,5-14,17,32H,4,15-16,30H2,1H3,(H,31,34). The van der Waals surface area contributed by atoms with Gasteiger partial charge < -0.3 is 16.4 Å². The summed E-state index contributed by atoms with van der Waals surface area (Å²) in [4.78, 5) is 39.4. The number of nitrogens with two attached hydrogens (primary N) is 1. The van der Waals surface area contributed by atoms with Crippen LogP contribution < -0.4 is 16.4 Å². The molecule has 3 amide bonds. The van der Waals surface area contributed by atoms with E-state index in [1.54, 1.807) is 31.3 Å². The van der Waals surface area contributed by atoms with Crippen LogP contribution in [-0.4, -0.2) is 42.8 Å². The van der Waals surface area contributed by atoms with Crippen molar-refractivity contribution >= 4 is 39.9 Å². The van der Waals surface area contributed by atoms with Crippen molar-refractivity contribution in [1.29, 1.82) is 0 Å². The molecule has 0 fully saturated rings. The number of rotatable bonds is 7. The number of carbonyl (C=O) groups excluding carboxylic acids is 3. The highest BCUT2D eigenvalue weighted by atomic mass is 16.2. The van der Waals surface area contributed by atoms with Gasteiger partial charge in [-0.25, -0.2) is 0 Å². The van der Waals surface area contributed by atoms with E-state index < -0.39 is 0 Å². The largest absolute Gasteiger partial charge is 0.398 e. The Labute approximate surface area is 208 Å². The summed E-state index contributed by atoms with van der Waals surface area (Å²) in [5.74, 6) is -0.708. The summed E-state index contributed by atoms with van der Waals surface area (Å²) in [6, 6.07) is 24.4.